The zero-order chi connectivity index (χ0) is 27.9. The van der Waals surface area contributed by atoms with Gasteiger partial charge >= 0.3 is 5.97 Å². The minimum atomic E-state index is -1.04. The monoisotopic (exact) mass is 558 g/mol. The first-order valence-corrected chi connectivity index (χ1v) is 13.4. The number of ether oxygens (including phenoxy) is 2. The number of benzene rings is 2. The molecule has 8 nitrogen and oxygen atoms in total. The molecule has 0 atom stereocenters. The molecule has 0 bridgehead atoms. The first kappa shape index (κ1) is 34.5. The molecule has 0 saturated carbocycles. The van der Waals surface area contributed by atoms with E-state index in [4.69, 9.17) is 27.9 Å². The summed E-state index contributed by atoms with van der Waals surface area (Å²) in [5, 5.41) is 12.9. The summed E-state index contributed by atoms with van der Waals surface area (Å²) in [6.45, 7) is 9.80. The first-order chi connectivity index (χ1) is 17.8. The number of carbonyl (C=O) groups excluding carboxylic acids is 1. The second-order valence-corrected chi connectivity index (χ2v) is 8.68. The molecule has 1 N–H and O–H groups in total. The quantitative estimate of drug-likeness (QED) is 0.0815. The Kier molecular flexibility index (Phi) is 21.1. The van der Waals surface area contributed by atoms with Crippen LogP contribution in [0.25, 0.3) is 0 Å². The van der Waals surface area contributed by atoms with Crippen LogP contribution in [0.3, 0.4) is 0 Å². The molecule has 0 saturated heterocycles. The number of anilines is 2. The minimum absolute atomic E-state index is 0.105. The van der Waals surface area contributed by atoms with Gasteiger partial charge in [0, 0.05) is 18.9 Å². The summed E-state index contributed by atoms with van der Waals surface area (Å²) in [4.78, 5) is 25.7. The van der Waals surface area contributed by atoms with Crippen LogP contribution < -0.4 is 5.32 Å². The van der Waals surface area contributed by atoms with Crippen LogP contribution in [0.5, 0.6) is 0 Å². The van der Waals surface area contributed by atoms with Crippen molar-refractivity contribution in [3.05, 3.63) is 68.2 Å². The second-order valence-electron chi connectivity index (χ2n) is 7.86. The smallest absolute Gasteiger partial charge is 0.312 e. The fourth-order valence-electron chi connectivity index (χ4n) is 2.78. The number of unbranched alkanes of at least 4 members (excludes halogenated alkanes) is 3. The normalized spacial score (nSPS) is 9.78. The van der Waals surface area contributed by atoms with Crippen LogP contribution in [0.4, 0.5) is 11.4 Å². The Morgan fingerprint density at radius 1 is 0.892 bits per heavy atom. The highest BCUT2D eigenvalue weighted by atomic mass is 35.5. The van der Waals surface area contributed by atoms with Gasteiger partial charge in [-0.15, -0.1) is 10.1 Å². The van der Waals surface area contributed by atoms with Crippen LogP contribution in [0.2, 0.25) is 10.0 Å². The molecule has 2 rings (SSSR count). The number of carbonyl (C=O) groups is 1. The van der Waals surface area contributed by atoms with Crippen LogP contribution in [0.15, 0.2) is 42.5 Å². The molecule has 2 aromatic rings. The predicted octanol–water partition coefficient (Wildman–Crippen LogP) is 8.40. The zero-order valence-electron chi connectivity index (χ0n) is 22.3. The van der Waals surface area contributed by atoms with E-state index in [1.54, 1.807) is 42.5 Å². The summed E-state index contributed by atoms with van der Waals surface area (Å²) in [5.74, 6) is -0.670. The summed E-state index contributed by atoms with van der Waals surface area (Å²) in [6, 6.07) is 12.1. The van der Waals surface area contributed by atoms with E-state index in [1.807, 2.05) is 0 Å². The number of hydrogen-bond acceptors (Lipinski definition) is 7. The molecule has 0 amide bonds. The Balaban J connectivity index is 0.000000822. The maximum atomic E-state index is 11.7. The van der Waals surface area contributed by atoms with Crippen LogP contribution in [0, 0.1) is 10.1 Å². The Labute approximate surface area is 230 Å². The molecular formula is C27H40Cl2N2O6. The van der Waals surface area contributed by atoms with Crippen molar-refractivity contribution in [2.24, 2.45) is 0 Å². The molecular weight excluding hydrogens is 519 g/mol. The molecule has 37 heavy (non-hydrogen) atoms. The van der Waals surface area contributed by atoms with Gasteiger partial charge in [0.25, 0.3) is 5.09 Å². The largest absolute Gasteiger partial charge is 0.438 e. The molecule has 2 aromatic carbocycles. The van der Waals surface area contributed by atoms with Gasteiger partial charge in [-0.2, -0.15) is 0 Å². The van der Waals surface area contributed by atoms with E-state index in [0.29, 0.717) is 27.0 Å². The lowest BCUT2D eigenvalue weighted by Gasteiger charge is -2.14. The third kappa shape index (κ3) is 17.5. The maximum absolute atomic E-state index is 11.7. The Bertz CT molecular complexity index is 871. The van der Waals surface area contributed by atoms with Gasteiger partial charge in [0.15, 0.2) is 0 Å². The summed E-state index contributed by atoms with van der Waals surface area (Å²) < 4.78 is 9.76. The number of rotatable bonds is 14. The number of nitrogens with one attached hydrogen (secondary N) is 1. The van der Waals surface area contributed by atoms with Gasteiger partial charge in [-0.05, 0) is 36.6 Å². The lowest BCUT2D eigenvalue weighted by molar-refractivity contribution is -0.765. The Morgan fingerprint density at radius 3 is 1.97 bits per heavy atom. The molecule has 0 aliphatic carbocycles. The van der Waals surface area contributed by atoms with Crippen molar-refractivity contribution in [3.63, 3.8) is 0 Å². The Morgan fingerprint density at radius 2 is 1.46 bits per heavy atom. The summed E-state index contributed by atoms with van der Waals surface area (Å²) in [6.07, 6.45) is 7.71. The highest BCUT2D eigenvalue weighted by Crippen LogP contribution is 2.33. The van der Waals surface area contributed by atoms with Gasteiger partial charge in [-0.1, -0.05) is 101 Å². The highest BCUT2D eigenvalue weighted by molar-refractivity contribution is 6.39. The van der Waals surface area contributed by atoms with Crippen LogP contribution >= 0.6 is 23.2 Å². The molecule has 0 unspecified atom stereocenters. The van der Waals surface area contributed by atoms with Gasteiger partial charge in [0.05, 0.1) is 22.2 Å². The van der Waals surface area contributed by atoms with Gasteiger partial charge in [-0.3, -0.25) is 9.63 Å². The lowest BCUT2D eigenvalue weighted by Crippen LogP contribution is -2.14. The van der Waals surface area contributed by atoms with Crippen molar-refractivity contribution in [3.8, 4) is 0 Å². The van der Waals surface area contributed by atoms with E-state index in [9.17, 15) is 14.9 Å². The minimum Gasteiger partial charge on any atom is -0.438 e. The molecule has 10 heteroatoms. The van der Waals surface area contributed by atoms with Crippen LogP contribution in [0.1, 0.15) is 71.8 Å². The van der Waals surface area contributed by atoms with E-state index in [1.165, 1.54) is 25.7 Å². The number of halogens is 2. The maximum Gasteiger partial charge on any atom is 0.312 e. The Hall–Kier alpha value is -2.55. The molecule has 0 radical (unpaired) electrons. The third-order valence-electron chi connectivity index (χ3n) is 4.61. The standard InChI is InChI=1S/C15H12Cl2N2O5.C6H14O.C6H14/c16-11-5-3-6-12(17)15(11)18-13-7-2-1-4-10(13)8-14(20)23-9-24-19(21)22;1-3-5-7-6-4-2;1-3-5-6-4-2/h1-7,18H,8-9H2;3-6H2,1-2H3;3-6H2,1-2H3. The molecule has 0 spiro atoms. The second kappa shape index (κ2) is 22.6. The van der Waals surface area contributed by atoms with Gasteiger partial charge in [0.2, 0.25) is 6.79 Å². The predicted molar refractivity (Wildman–Crippen MR) is 150 cm³/mol. The van der Waals surface area contributed by atoms with Crippen molar-refractivity contribution in [1.29, 1.82) is 0 Å². The van der Waals surface area contributed by atoms with Crippen molar-refractivity contribution in [1.82, 2.24) is 0 Å². The molecule has 0 heterocycles. The summed E-state index contributed by atoms with van der Waals surface area (Å²) in [5.41, 5.74) is 1.73. The zero-order valence-corrected chi connectivity index (χ0v) is 23.8. The van der Waals surface area contributed by atoms with Crippen molar-refractivity contribution >= 4 is 40.5 Å². The fourth-order valence-corrected chi connectivity index (χ4v) is 3.27. The molecule has 0 fully saturated rings. The van der Waals surface area contributed by atoms with E-state index in [0.717, 1.165) is 26.1 Å². The molecule has 0 aliphatic rings. The van der Waals surface area contributed by atoms with E-state index in [-0.39, 0.29) is 6.42 Å². The van der Waals surface area contributed by atoms with Gasteiger partial charge in [0.1, 0.15) is 0 Å². The SMILES string of the molecule is CCCCCC.CCCOCCC.O=C(Cc1ccccc1Nc1c(Cl)cccc1Cl)OCO[N+](=O)[O-]. The van der Waals surface area contributed by atoms with Crippen LogP contribution in [-0.2, 0) is 25.5 Å². The topological polar surface area (TPSA) is 99.9 Å². The number of para-hydroxylation sites is 2. The molecule has 0 aromatic heterocycles. The number of hydrogen-bond donors (Lipinski definition) is 1. The van der Waals surface area contributed by atoms with Crippen molar-refractivity contribution < 1.29 is 24.2 Å². The summed E-state index contributed by atoms with van der Waals surface area (Å²) >= 11 is 12.2. The fraction of sp³-hybridized carbons (Fsp3) is 0.519. The first-order valence-electron chi connectivity index (χ1n) is 12.6. The number of esters is 1. The van der Waals surface area contributed by atoms with E-state index < -0.39 is 17.8 Å². The lowest BCUT2D eigenvalue weighted by atomic mass is 10.1. The number of nitrogens with zero attached hydrogens (tertiary/aromatic N) is 1. The van der Waals surface area contributed by atoms with Crippen molar-refractivity contribution in [2.45, 2.75) is 72.6 Å². The third-order valence-corrected chi connectivity index (χ3v) is 5.24. The average molecular weight is 560 g/mol. The van der Waals surface area contributed by atoms with Gasteiger partial charge in [-0.25, -0.2) is 0 Å². The van der Waals surface area contributed by atoms with Gasteiger partial charge < -0.3 is 14.8 Å². The average Bonchev–Trinajstić information content (AvgIpc) is 2.87. The van der Waals surface area contributed by atoms with E-state index >= 15 is 0 Å². The van der Waals surface area contributed by atoms with Crippen LogP contribution in [-0.4, -0.2) is 31.1 Å². The van der Waals surface area contributed by atoms with Crippen molar-refractivity contribution in [2.75, 3.05) is 25.3 Å². The molecule has 208 valence electrons. The molecule has 0 aliphatic heterocycles. The van der Waals surface area contributed by atoms with E-state index in [2.05, 4.69) is 42.6 Å². The summed E-state index contributed by atoms with van der Waals surface area (Å²) in [7, 11) is 0. The highest BCUT2D eigenvalue weighted by Gasteiger charge is 2.12.